The maximum absolute atomic E-state index is 12.4. The van der Waals surface area contributed by atoms with Crippen molar-refractivity contribution >= 4 is 102 Å². The van der Waals surface area contributed by atoms with Crippen LogP contribution in [0.3, 0.4) is 0 Å². The van der Waals surface area contributed by atoms with E-state index in [2.05, 4.69) is 66.1 Å². The second-order valence-electron chi connectivity index (χ2n) is 6.69. The molecule has 0 N–H and O–H groups in total. The Labute approximate surface area is 230 Å². The molecule has 1 aliphatic heterocycles. The number of cyclic esters (lactones) is 1. The van der Waals surface area contributed by atoms with E-state index in [0.29, 0.717) is 22.2 Å². The molecule has 9 heteroatoms. The van der Waals surface area contributed by atoms with Gasteiger partial charge in [-0.3, -0.25) is 0 Å². The smallest absolute Gasteiger partial charge is 0.363 e. The largest absolute Gasteiger partial charge is 0.487 e. The number of hydrogen-bond donors (Lipinski definition) is 0. The molecular formula is C23H12BrCl2I2NO3. The molecule has 1 aliphatic rings. The summed E-state index contributed by atoms with van der Waals surface area (Å²) in [5.74, 6) is 0.413. The van der Waals surface area contributed by atoms with E-state index in [9.17, 15) is 4.79 Å². The van der Waals surface area contributed by atoms with Crippen LogP contribution in [0.15, 0.2) is 69.8 Å². The summed E-state index contributed by atoms with van der Waals surface area (Å²) in [4.78, 5) is 16.7. The van der Waals surface area contributed by atoms with Gasteiger partial charge in [-0.25, -0.2) is 9.79 Å². The van der Waals surface area contributed by atoms with Gasteiger partial charge in [0.15, 0.2) is 5.70 Å². The molecule has 0 fully saturated rings. The minimum Gasteiger partial charge on any atom is -0.487 e. The maximum Gasteiger partial charge on any atom is 0.363 e. The van der Waals surface area contributed by atoms with Gasteiger partial charge in [0.25, 0.3) is 0 Å². The van der Waals surface area contributed by atoms with Gasteiger partial charge in [-0.05, 0) is 105 Å². The van der Waals surface area contributed by atoms with Gasteiger partial charge in [-0.1, -0.05) is 51.3 Å². The number of carbonyl (C=O) groups excluding carboxylic acids is 1. The van der Waals surface area contributed by atoms with Crippen LogP contribution in [-0.4, -0.2) is 11.9 Å². The number of halogens is 5. The Balaban J connectivity index is 1.56. The second kappa shape index (κ2) is 10.4. The zero-order chi connectivity index (χ0) is 22.8. The summed E-state index contributed by atoms with van der Waals surface area (Å²) < 4.78 is 14.2. The Kier molecular flexibility index (Phi) is 7.81. The summed E-state index contributed by atoms with van der Waals surface area (Å²) in [5, 5.41) is 0.854. The molecule has 3 aromatic rings. The minimum atomic E-state index is -0.536. The van der Waals surface area contributed by atoms with Crippen LogP contribution in [0.2, 0.25) is 10.0 Å². The molecule has 0 unspecified atom stereocenters. The number of esters is 1. The molecule has 162 valence electrons. The van der Waals surface area contributed by atoms with Gasteiger partial charge >= 0.3 is 5.97 Å². The Hall–Kier alpha value is -1.14. The fraction of sp³-hybridized carbons (Fsp3) is 0.0435. The highest BCUT2D eigenvalue weighted by Gasteiger charge is 2.26. The predicted octanol–water partition coefficient (Wildman–Crippen LogP) is 7.89. The van der Waals surface area contributed by atoms with Gasteiger partial charge in [0.2, 0.25) is 5.90 Å². The van der Waals surface area contributed by atoms with E-state index in [1.807, 2.05) is 36.4 Å². The number of benzene rings is 3. The van der Waals surface area contributed by atoms with Crippen LogP contribution in [0.1, 0.15) is 16.7 Å². The summed E-state index contributed by atoms with van der Waals surface area (Å²) in [5.41, 5.74) is 2.59. The molecule has 0 atom stereocenters. The monoisotopic (exact) mass is 753 g/mol. The molecule has 4 rings (SSSR count). The standard InChI is InChI=1S/C23H12BrCl2I2NO3/c24-14-3-1-12(2-4-14)11-31-21-18(27)7-13(8-19(21)28)9-20-23(30)32-22(29-20)16-6-5-15(25)10-17(16)26/h1-10H,11H2/b20-9-. The molecule has 0 aromatic heterocycles. The third kappa shape index (κ3) is 5.67. The van der Waals surface area contributed by atoms with E-state index in [0.717, 1.165) is 28.5 Å². The van der Waals surface area contributed by atoms with Crippen LogP contribution in [0, 0.1) is 7.14 Å². The van der Waals surface area contributed by atoms with Gasteiger partial charge in [0, 0.05) is 9.50 Å². The first-order chi connectivity index (χ1) is 15.3. The van der Waals surface area contributed by atoms with Gasteiger partial charge in [-0.15, -0.1) is 0 Å². The lowest BCUT2D eigenvalue weighted by molar-refractivity contribution is -0.129. The molecule has 0 saturated carbocycles. The lowest BCUT2D eigenvalue weighted by atomic mass is 10.2. The Morgan fingerprint density at radius 1 is 1.03 bits per heavy atom. The first-order valence-corrected chi connectivity index (χ1v) is 12.8. The Bertz CT molecular complexity index is 1250. The molecule has 0 bridgehead atoms. The Morgan fingerprint density at radius 2 is 1.72 bits per heavy atom. The second-order valence-corrected chi connectivity index (χ2v) is 10.8. The number of aliphatic imine (C=N–C) groups is 1. The third-order valence-corrected chi connectivity index (χ3v) is 7.08. The van der Waals surface area contributed by atoms with Crippen LogP contribution < -0.4 is 4.74 Å². The molecular weight excluding hydrogens is 743 g/mol. The summed E-state index contributed by atoms with van der Waals surface area (Å²) in [6.07, 6.45) is 1.68. The number of nitrogens with zero attached hydrogens (tertiary/aromatic N) is 1. The number of hydrogen-bond acceptors (Lipinski definition) is 4. The normalized spacial score (nSPS) is 14.5. The van der Waals surface area contributed by atoms with E-state index in [1.165, 1.54) is 0 Å². The zero-order valence-electron chi connectivity index (χ0n) is 16.0. The molecule has 0 aliphatic carbocycles. The van der Waals surface area contributed by atoms with Gasteiger partial charge in [0.1, 0.15) is 12.4 Å². The minimum absolute atomic E-state index is 0.154. The van der Waals surface area contributed by atoms with Crippen LogP contribution in [0.5, 0.6) is 5.75 Å². The average molecular weight is 755 g/mol. The molecule has 4 nitrogen and oxygen atoms in total. The van der Waals surface area contributed by atoms with Crippen molar-refractivity contribution in [2.45, 2.75) is 6.61 Å². The molecule has 3 aromatic carbocycles. The lowest BCUT2D eigenvalue weighted by Gasteiger charge is -2.11. The van der Waals surface area contributed by atoms with Crippen molar-refractivity contribution in [3.05, 3.63) is 98.6 Å². The van der Waals surface area contributed by atoms with E-state index in [4.69, 9.17) is 32.7 Å². The van der Waals surface area contributed by atoms with Gasteiger partial charge in [-0.2, -0.15) is 0 Å². The van der Waals surface area contributed by atoms with Crippen LogP contribution >= 0.6 is 84.3 Å². The Morgan fingerprint density at radius 3 is 2.38 bits per heavy atom. The van der Waals surface area contributed by atoms with E-state index in [1.54, 1.807) is 24.3 Å². The number of ether oxygens (including phenoxy) is 2. The maximum atomic E-state index is 12.4. The molecule has 1 heterocycles. The lowest BCUT2D eigenvalue weighted by Crippen LogP contribution is -2.06. The van der Waals surface area contributed by atoms with Crippen molar-refractivity contribution < 1.29 is 14.3 Å². The zero-order valence-corrected chi connectivity index (χ0v) is 23.5. The molecule has 0 spiro atoms. The van der Waals surface area contributed by atoms with Crippen molar-refractivity contribution in [2.75, 3.05) is 0 Å². The first kappa shape index (κ1) is 24.0. The van der Waals surface area contributed by atoms with E-state index >= 15 is 0 Å². The van der Waals surface area contributed by atoms with Gasteiger partial charge < -0.3 is 9.47 Å². The van der Waals surface area contributed by atoms with Crippen LogP contribution in [-0.2, 0) is 16.1 Å². The van der Waals surface area contributed by atoms with E-state index in [-0.39, 0.29) is 11.6 Å². The third-order valence-electron chi connectivity index (χ3n) is 4.40. The summed E-state index contributed by atoms with van der Waals surface area (Å²) in [6.45, 7) is 0.460. The summed E-state index contributed by atoms with van der Waals surface area (Å²) in [6, 6.07) is 16.8. The first-order valence-electron chi connectivity index (χ1n) is 9.14. The fourth-order valence-electron chi connectivity index (χ4n) is 2.88. The number of rotatable bonds is 5. The van der Waals surface area contributed by atoms with Gasteiger partial charge in [0.05, 0.1) is 17.7 Å². The molecule has 0 saturated heterocycles. The van der Waals surface area contributed by atoms with E-state index < -0.39 is 5.97 Å². The van der Waals surface area contributed by atoms with Crippen molar-refractivity contribution in [1.29, 1.82) is 0 Å². The van der Waals surface area contributed by atoms with Crippen LogP contribution in [0.25, 0.3) is 6.08 Å². The molecule has 0 amide bonds. The average Bonchev–Trinajstić information content (AvgIpc) is 3.08. The van der Waals surface area contributed by atoms with Crippen molar-refractivity contribution in [3.8, 4) is 5.75 Å². The quantitative estimate of drug-likeness (QED) is 0.151. The number of carbonyl (C=O) groups is 1. The highest BCUT2D eigenvalue weighted by atomic mass is 127. The molecule has 32 heavy (non-hydrogen) atoms. The van der Waals surface area contributed by atoms with Crippen molar-refractivity contribution in [3.63, 3.8) is 0 Å². The molecule has 0 radical (unpaired) electrons. The predicted molar refractivity (Wildman–Crippen MR) is 147 cm³/mol. The van der Waals surface area contributed by atoms with Crippen molar-refractivity contribution in [2.24, 2.45) is 4.99 Å². The fourth-order valence-corrected chi connectivity index (χ4v) is 5.76. The highest BCUT2D eigenvalue weighted by molar-refractivity contribution is 14.1. The summed E-state index contributed by atoms with van der Waals surface area (Å²) >= 11 is 20.0. The summed E-state index contributed by atoms with van der Waals surface area (Å²) in [7, 11) is 0. The topological polar surface area (TPSA) is 47.9 Å². The SMILES string of the molecule is O=C1OC(c2ccc(Cl)cc2Cl)=N/C1=C\c1cc(I)c(OCc2ccc(Br)cc2)c(I)c1. The van der Waals surface area contributed by atoms with Crippen molar-refractivity contribution in [1.82, 2.24) is 0 Å². The highest BCUT2D eigenvalue weighted by Crippen LogP contribution is 2.32. The van der Waals surface area contributed by atoms with Crippen LogP contribution in [0.4, 0.5) is 0 Å².